The molecule has 1 heterocycles. The zero-order valence-corrected chi connectivity index (χ0v) is 17.9. The van der Waals surface area contributed by atoms with Crippen LogP contribution in [0.25, 0.3) is 0 Å². The topological polar surface area (TPSA) is 55.9 Å². The Hall–Kier alpha value is -2.91. The van der Waals surface area contributed by atoms with Gasteiger partial charge in [-0.2, -0.15) is 13.2 Å². The molecule has 32 heavy (non-hydrogen) atoms. The molecule has 2 amide bonds. The third kappa shape index (κ3) is 6.80. The number of hydrogen-bond donors (Lipinski definition) is 1. The van der Waals surface area contributed by atoms with Crippen LogP contribution in [-0.2, 0) is 22.3 Å². The quantitative estimate of drug-likeness (QED) is 0.708. The highest BCUT2D eigenvalue weighted by atomic mass is 19.4. The predicted octanol–water partition coefficient (Wildman–Crippen LogP) is 2.92. The van der Waals surface area contributed by atoms with E-state index in [1.807, 2.05) is 18.2 Å². The van der Waals surface area contributed by atoms with Crippen molar-refractivity contribution in [2.45, 2.75) is 12.7 Å². The van der Waals surface area contributed by atoms with Crippen LogP contribution in [0.3, 0.4) is 0 Å². The van der Waals surface area contributed by atoms with Gasteiger partial charge in [0.15, 0.2) is 0 Å². The molecule has 0 bridgehead atoms. The first kappa shape index (κ1) is 23.7. The number of carbonyl (C=O) groups excluding carboxylic acids is 2. The first-order chi connectivity index (χ1) is 15.2. The summed E-state index contributed by atoms with van der Waals surface area (Å²) < 4.78 is 39.2. The highest BCUT2D eigenvalue weighted by Gasteiger charge is 2.33. The predicted molar refractivity (Wildman–Crippen MR) is 116 cm³/mol. The van der Waals surface area contributed by atoms with Gasteiger partial charge in [0, 0.05) is 32.7 Å². The Morgan fingerprint density at radius 2 is 1.56 bits per heavy atom. The van der Waals surface area contributed by atoms with E-state index in [1.165, 1.54) is 28.7 Å². The number of likely N-dealkylation sites (N-methyl/N-ethyl adjacent to an activating group) is 1. The van der Waals surface area contributed by atoms with Gasteiger partial charge >= 0.3 is 6.18 Å². The van der Waals surface area contributed by atoms with Gasteiger partial charge in [0.2, 0.25) is 11.8 Å². The number of piperazine rings is 1. The maximum Gasteiger partial charge on any atom is 0.418 e. The summed E-state index contributed by atoms with van der Waals surface area (Å²) in [7, 11) is 1.60. The minimum absolute atomic E-state index is 0.0209. The van der Waals surface area contributed by atoms with Crippen molar-refractivity contribution >= 4 is 17.5 Å². The molecule has 0 saturated carbocycles. The number of benzene rings is 2. The van der Waals surface area contributed by atoms with Gasteiger partial charge in [-0.05, 0) is 24.7 Å². The largest absolute Gasteiger partial charge is 0.418 e. The van der Waals surface area contributed by atoms with Crippen LogP contribution in [0.1, 0.15) is 11.1 Å². The van der Waals surface area contributed by atoms with Gasteiger partial charge in [-0.3, -0.25) is 19.4 Å². The first-order valence-electron chi connectivity index (χ1n) is 10.4. The Labute approximate surface area is 185 Å². The molecule has 0 atom stereocenters. The van der Waals surface area contributed by atoms with Gasteiger partial charge in [-0.25, -0.2) is 0 Å². The van der Waals surface area contributed by atoms with E-state index in [-0.39, 0.29) is 24.7 Å². The fourth-order valence-corrected chi connectivity index (χ4v) is 3.66. The van der Waals surface area contributed by atoms with E-state index in [1.54, 1.807) is 11.9 Å². The average Bonchev–Trinajstić information content (AvgIpc) is 2.74. The lowest BCUT2D eigenvalue weighted by Gasteiger charge is -2.35. The molecule has 0 radical (unpaired) electrons. The molecule has 2 aromatic rings. The second-order valence-corrected chi connectivity index (χ2v) is 7.91. The second kappa shape index (κ2) is 10.6. The number of anilines is 1. The van der Waals surface area contributed by atoms with Crippen LogP contribution in [0, 0.1) is 0 Å². The second-order valence-electron chi connectivity index (χ2n) is 7.91. The lowest BCUT2D eigenvalue weighted by atomic mass is 10.1. The summed E-state index contributed by atoms with van der Waals surface area (Å²) in [5, 5.41) is 2.30. The van der Waals surface area contributed by atoms with E-state index in [0.29, 0.717) is 13.1 Å². The number of amides is 2. The smallest absolute Gasteiger partial charge is 0.339 e. The number of halogens is 3. The standard InChI is InChI=1S/C23H27F3N4O2/c1-28(16-21(31)27-20-10-6-5-9-19(20)23(24,25)26)17-22(32)30-13-11-29(12-14-30)15-18-7-3-2-4-8-18/h2-10H,11-17H2,1H3,(H,27,31). The van der Waals surface area contributed by atoms with Gasteiger partial charge in [-0.1, -0.05) is 42.5 Å². The van der Waals surface area contributed by atoms with Crippen molar-refractivity contribution in [3.8, 4) is 0 Å². The minimum atomic E-state index is -4.56. The molecule has 6 nitrogen and oxygen atoms in total. The molecule has 3 rings (SSSR count). The molecular weight excluding hydrogens is 421 g/mol. The Bertz CT molecular complexity index is 913. The summed E-state index contributed by atoms with van der Waals surface area (Å²) >= 11 is 0. The van der Waals surface area contributed by atoms with E-state index in [9.17, 15) is 22.8 Å². The molecular formula is C23H27F3N4O2. The molecule has 1 aliphatic heterocycles. The van der Waals surface area contributed by atoms with Gasteiger partial charge in [0.25, 0.3) is 0 Å². The number of nitrogens with one attached hydrogen (secondary N) is 1. The number of nitrogens with zero attached hydrogens (tertiary/aromatic N) is 3. The van der Waals surface area contributed by atoms with E-state index in [0.717, 1.165) is 25.7 Å². The zero-order valence-electron chi connectivity index (χ0n) is 17.9. The molecule has 1 fully saturated rings. The normalized spacial score (nSPS) is 15.1. The van der Waals surface area contributed by atoms with Crippen LogP contribution in [-0.4, -0.2) is 72.8 Å². The molecule has 0 unspecified atom stereocenters. The molecule has 0 aliphatic carbocycles. The highest BCUT2D eigenvalue weighted by molar-refractivity contribution is 5.93. The van der Waals surface area contributed by atoms with E-state index in [2.05, 4.69) is 22.3 Å². The van der Waals surface area contributed by atoms with E-state index in [4.69, 9.17) is 0 Å². The Kier molecular flexibility index (Phi) is 7.87. The van der Waals surface area contributed by atoms with Crippen molar-refractivity contribution in [1.82, 2.24) is 14.7 Å². The fraction of sp³-hybridized carbons (Fsp3) is 0.391. The SMILES string of the molecule is CN(CC(=O)Nc1ccccc1C(F)(F)F)CC(=O)N1CCN(Cc2ccccc2)CC1. The third-order valence-electron chi connectivity index (χ3n) is 5.30. The van der Waals surface area contributed by atoms with Gasteiger partial charge < -0.3 is 10.2 Å². The van der Waals surface area contributed by atoms with Crippen molar-refractivity contribution in [3.63, 3.8) is 0 Å². The number of alkyl halides is 3. The summed E-state index contributed by atoms with van der Waals surface area (Å²) in [6.45, 7) is 3.40. The van der Waals surface area contributed by atoms with Crippen LogP contribution in [0.15, 0.2) is 54.6 Å². The van der Waals surface area contributed by atoms with E-state index < -0.39 is 17.6 Å². The maximum absolute atomic E-state index is 13.1. The van der Waals surface area contributed by atoms with Crippen molar-refractivity contribution in [2.24, 2.45) is 0 Å². The molecule has 0 spiro atoms. The van der Waals surface area contributed by atoms with E-state index >= 15 is 0 Å². The van der Waals surface area contributed by atoms with Crippen LogP contribution in [0.2, 0.25) is 0 Å². The molecule has 172 valence electrons. The number of para-hydroxylation sites is 1. The summed E-state index contributed by atoms with van der Waals surface area (Å²) in [6, 6.07) is 15.0. The minimum Gasteiger partial charge on any atom is -0.339 e. The lowest BCUT2D eigenvalue weighted by Crippen LogP contribution is -2.51. The number of rotatable bonds is 7. The number of carbonyl (C=O) groups is 2. The molecule has 2 aromatic carbocycles. The highest BCUT2D eigenvalue weighted by Crippen LogP contribution is 2.34. The Morgan fingerprint density at radius 3 is 2.22 bits per heavy atom. The van der Waals surface area contributed by atoms with Gasteiger partial charge in [0.05, 0.1) is 24.3 Å². The lowest BCUT2D eigenvalue weighted by molar-refractivity contribution is -0.137. The van der Waals surface area contributed by atoms with Crippen molar-refractivity contribution in [3.05, 3.63) is 65.7 Å². The molecule has 0 aromatic heterocycles. The van der Waals surface area contributed by atoms with Crippen molar-refractivity contribution in [1.29, 1.82) is 0 Å². The van der Waals surface area contributed by atoms with Gasteiger partial charge in [0.1, 0.15) is 0 Å². The molecule has 1 aliphatic rings. The van der Waals surface area contributed by atoms with Crippen molar-refractivity contribution < 1.29 is 22.8 Å². The molecule has 9 heteroatoms. The summed E-state index contributed by atoms with van der Waals surface area (Å²) in [5.74, 6) is -0.708. The van der Waals surface area contributed by atoms with Crippen LogP contribution in [0.4, 0.5) is 18.9 Å². The summed E-state index contributed by atoms with van der Waals surface area (Å²) in [4.78, 5) is 30.4. The number of hydrogen-bond acceptors (Lipinski definition) is 4. The summed E-state index contributed by atoms with van der Waals surface area (Å²) in [5.41, 5.74) is 0.0323. The van der Waals surface area contributed by atoms with Crippen LogP contribution in [0.5, 0.6) is 0 Å². The Balaban J connectivity index is 1.44. The van der Waals surface area contributed by atoms with Crippen LogP contribution >= 0.6 is 0 Å². The first-order valence-corrected chi connectivity index (χ1v) is 10.4. The molecule has 1 N–H and O–H groups in total. The Morgan fingerprint density at radius 1 is 0.938 bits per heavy atom. The van der Waals surface area contributed by atoms with Crippen LogP contribution < -0.4 is 5.32 Å². The zero-order chi connectivity index (χ0) is 23.1. The average molecular weight is 448 g/mol. The van der Waals surface area contributed by atoms with Crippen molar-refractivity contribution in [2.75, 3.05) is 51.6 Å². The summed E-state index contributed by atoms with van der Waals surface area (Å²) in [6.07, 6.45) is -4.56. The third-order valence-corrected chi connectivity index (χ3v) is 5.30. The van der Waals surface area contributed by atoms with Gasteiger partial charge in [-0.15, -0.1) is 0 Å². The monoisotopic (exact) mass is 448 g/mol. The fourth-order valence-electron chi connectivity index (χ4n) is 3.66. The molecule has 1 saturated heterocycles. The maximum atomic E-state index is 13.1.